The monoisotopic (exact) mass is 320 g/mol. The molecule has 0 unspecified atom stereocenters. The molecule has 0 atom stereocenters. The molecule has 0 amide bonds. The van der Waals surface area contributed by atoms with Gasteiger partial charge in [0.1, 0.15) is 0 Å². The lowest BCUT2D eigenvalue weighted by Gasteiger charge is -2.01. The molecule has 0 saturated carbocycles. The highest BCUT2D eigenvalue weighted by atomic mass is 32.1. The molecular formula is C17H24N2O2S. The maximum absolute atomic E-state index is 11.7. The molecule has 5 heteroatoms. The number of unbranched alkanes of at least 4 members (excludes halogenated alkanes) is 4. The fraction of sp³-hybridized carbons (Fsp3) is 0.529. The van der Waals surface area contributed by atoms with Gasteiger partial charge in [0.05, 0.1) is 22.4 Å². The Bertz CT molecular complexity index is 610. The van der Waals surface area contributed by atoms with Gasteiger partial charge < -0.3 is 10.1 Å². The van der Waals surface area contributed by atoms with Crippen molar-refractivity contribution in [1.29, 1.82) is 0 Å². The van der Waals surface area contributed by atoms with Crippen LogP contribution in [0.5, 0.6) is 0 Å². The maximum Gasteiger partial charge on any atom is 0.338 e. The van der Waals surface area contributed by atoms with Crippen molar-refractivity contribution in [3.63, 3.8) is 0 Å². The van der Waals surface area contributed by atoms with Gasteiger partial charge in [-0.25, -0.2) is 9.78 Å². The van der Waals surface area contributed by atoms with Gasteiger partial charge in [0.15, 0.2) is 5.13 Å². The number of fused-ring (bicyclic) bond motifs is 1. The van der Waals surface area contributed by atoms with E-state index in [0.29, 0.717) is 12.2 Å². The molecule has 0 fully saturated rings. The number of rotatable bonds is 9. The molecule has 4 nitrogen and oxygen atoms in total. The average Bonchev–Trinajstić information content (AvgIpc) is 2.92. The molecule has 1 heterocycles. The minimum Gasteiger partial charge on any atom is -0.462 e. The van der Waals surface area contributed by atoms with Gasteiger partial charge in [-0.05, 0) is 31.5 Å². The Balaban J connectivity index is 1.91. The third-order valence-electron chi connectivity index (χ3n) is 3.46. The Morgan fingerprint density at radius 2 is 2.05 bits per heavy atom. The van der Waals surface area contributed by atoms with Crippen LogP contribution in [0.25, 0.3) is 10.2 Å². The topological polar surface area (TPSA) is 51.2 Å². The summed E-state index contributed by atoms with van der Waals surface area (Å²) in [7, 11) is 0. The van der Waals surface area contributed by atoms with Crippen LogP contribution in [0, 0.1) is 0 Å². The average molecular weight is 320 g/mol. The van der Waals surface area contributed by atoms with Gasteiger partial charge in [-0.2, -0.15) is 0 Å². The molecule has 0 radical (unpaired) electrons. The predicted octanol–water partition coefficient (Wildman–Crippen LogP) is 4.86. The molecule has 2 aromatic rings. The standard InChI is InChI=1S/C17H24N2O2S/c1-3-5-6-7-8-11-18-17-19-14-10-9-13(12-15(14)22-17)16(20)21-4-2/h9-10,12H,3-8,11H2,1-2H3,(H,18,19). The van der Waals surface area contributed by atoms with Crippen LogP contribution in [0.4, 0.5) is 5.13 Å². The Labute approximate surface area is 135 Å². The van der Waals surface area contributed by atoms with Crippen LogP contribution in [-0.2, 0) is 4.74 Å². The highest BCUT2D eigenvalue weighted by Crippen LogP contribution is 2.27. The zero-order valence-corrected chi connectivity index (χ0v) is 14.2. The summed E-state index contributed by atoms with van der Waals surface area (Å²) in [6.07, 6.45) is 6.33. The summed E-state index contributed by atoms with van der Waals surface area (Å²) in [4.78, 5) is 16.3. The Kier molecular flexibility index (Phi) is 6.65. The highest BCUT2D eigenvalue weighted by molar-refractivity contribution is 7.22. The van der Waals surface area contributed by atoms with Crippen molar-refractivity contribution in [3.8, 4) is 0 Å². The fourth-order valence-corrected chi connectivity index (χ4v) is 3.20. The summed E-state index contributed by atoms with van der Waals surface area (Å²) < 4.78 is 6.04. The second-order valence-corrected chi connectivity index (χ2v) is 6.29. The van der Waals surface area contributed by atoms with E-state index in [-0.39, 0.29) is 5.97 Å². The van der Waals surface area contributed by atoms with Crippen molar-refractivity contribution in [2.24, 2.45) is 0 Å². The Morgan fingerprint density at radius 3 is 2.82 bits per heavy atom. The number of thiazole rings is 1. The van der Waals surface area contributed by atoms with Crippen LogP contribution >= 0.6 is 11.3 Å². The zero-order chi connectivity index (χ0) is 15.8. The molecular weight excluding hydrogens is 296 g/mol. The van der Waals surface area contributed by atoms with Gasteiger partial charge in [-0.15, -0.1) is 0 Å². The third-order valence-corrected chi connectivity index (χ3v) is 4.43. The number of hydrogen-bond acceptors (Lipinski definition) is 5. The molecule has 0 aliphatic rings. The first-order valence-electron chi connectivity index (χ1n) is 8.06. The molecule has 0 saturated heterocycles. The van der Waals surface area contributed by atoms with E-state index in [4.69, 9.17) is 4.74 Å². The number of nitrogens with zero attached hydrogens (tertiary/aromatic N) is 1. The first kappa shape index (κ1) is 16.7. The van der Waals surface area contributed by atoms with Crippen molar-refractivity contribution < 1.29 is 9.53 Å². The van der Waals surface area contributed by atoms with Crippen LogP contribution in [0.1, 0.15) is 56.3 Å². The molecule has 0 aliphatic heterocycles. The number of carbonyl (C=O) groups excluding carboxylic acids is 1. The summed E-state index contributed by atoms with van der Waals surface area (Å²) in [5.74, 6) is -0.275. The lowest BCUT2D eigenvalue weighted by atomic mass is 10.1. The van der Waals surface area contributed by atoms with Gasteiger partial charge >= 0.3 is 5.97 Å². The second-order valence-electron chi connectivity index (χ2n) is 5.26. The molecule has 1 aromatic carbocycles. The van der Waals surface area contributed by atoms with E-state index in [0.717, 1.165) is 21.9 Å². The fourth-order valence-electron chi connectivity index (χ4n) is 2.27. The van der Waals surface area contributed by atoms with Crippen molar-refractivity contribution in [2.75, 3.05) is 18.5 Å². The van der Waals surface area contributed by atoms with Gasteiger partial charge in [0.25, 0.3) is 0 Å². The van der Waals surface area contributed by atoms with Gasteiger partial charge in [0.2, 0.25) is 0 Å². The van der Waals surface area contributed by atoms with E-state index in [1.807, 2.05) is 19.1 Å². The highest BCUT2D eigenvalue weighted by Gasteiger charge is 2.10. The number of aromatic nitrogens is 1. The van der Waals surface area contributed by atoms with E-state index in [1.165, 1.54) is 32.1 Å². The lowest BCUT2D eigenvalue weighted by molar-refractivity contribution is 0.0526. The quantitative estimate of drug-likeness (QED) is 0.530. The van der Waals surface area contributed by atoms with Crippen molar-refractivity contribution >= 4 is 32.7 Å². The van der Waals surface area contributed by atoms with E-state index < -0.39 is 0 Å². The molecule has 1 N–H and O–H groups in total. The number of nitrogens with one attached hydrogen (secondary N) is 1. The summed E-state index contributed by atoms with van der Waals surface area (Å²) in [5.41, 5.74) is 1.51. The van der Waals surface area contributed by atoms with E-state index >= 15 is 0 Å². The molecule has 1 aromatic heterocycles. The lowest BCUT2D eigenvalue weighted by Crippen LogP contribution is -2.03. The van der Waals surface area contributed by atoms with Crippen molar-refractivity contribution in [2.45, 2.75) is 46.0 Å². The summed E-state index contributed by atoms with van der Waals surface area (Å²) in [5, 5.41) is 4.30. The molecule has 120 valence electrons. The molecule has 0 aliphatic carbocycles. The second kappa shape index (κ2) is 8.73. The predicted molar refractivity (Wildman–Crippen MR) is 92.8 cm³/mol. The molecule has 2 rings (SSSR count). The van der Waals surface area contributed by atoms with Crippen LogP contribution in [-0.4, -0.2) is 24.1 Å². The smallest absolute Gasteiger partial charge is 0.338 e. The Hall–Kier alpha value is -1.62. The first-order valence-corrected chi connectivity index (χ1v) is 8.87. The van der Waals surface area contributed by atoms with E-state index in [1.54, 1.807) is 17.4 Å². The van der Waals surface area contributed by atoms with E-state index in [9.17, 15) is 4.79 Å². The van der Waals surface area contributed by atoms with Crippen LogP contribution < -0.4 is 5.32 Å². The van der Waals surface area contributed by atoms with E-state index in [2.05, 4.69) is 17.2 Å². The number of ether oxygens (including phenoxy) is 1. The summed E-state index contributed by atoms with van der Waals surface area (Å²) >= 11 is 1.59. The van der Waals surface area contributed by atoms with Crippen LogP contribution in [0.3, 0.4) is 0 Å². The molecule has 0 bridgehead atoms. The zero-order valence-electron chi connectivity index (χ0n) is 13.4. The van der Waals surface area contributed by atoms with Crippen molar-refractivity contribution in [1.82, 2.24) is 4.98 Å². The maximum atomic E-state index is 11.7. The van der Waals surface area contributed by atoms with Crippen molar-refractivity contribution in [3.05, 3.63) is 23.8 Å². The number of esters is 1. The largest absolute Gasteiger partial charge is 0.462 e. The van der Waals surface area contributed by atoms with Gasteiger partial charge in [0, 0.05) is 6.54 Å². The van der Waals surface area contributed by atoms with Crippen LogP contribution in [0.15, 0.2) is 18.2 Å². The van der Waals surface area contributed by atoms with Gasteiger partial charge in [-0.3, -0.25) is 0 Å². The normalized spacial score (nSPS) is 10.8. The van der Waals surface area contributed by atoms with Gasteiger partial charge in [-0.1, -0.05) is 43.9 Å². The summed E-state index contributed by atoms with van der Waals surface area (Å²) in [6, 6.07) is 5.51. The third kappa shape index (κ3) is 4.70. The minimum absolute atomic E-state index is 0.275. The van der Waals surface area contributed by atoms with Crippen LogP contribution in [0.2, 0.25) is 0 Å². The SMILES string of the molecule is CCCCCCCNc1nc2ccc(C(=O)OCC)cc2s1. The number of carbonyl (C=O) groups is 1. The minimum atomic E-state index is -0.275. The number of anilines is 1. The summed E-state index contributed by atoms with van der Waals surface area (Å²) in [6.45, 7) is 5.38. The molecule has 0 spiro atoms. The number of benzene rings is 1. The first-order chi connectivity index (χ1) is 10.7. The molecule has 22 heavy (non-hydrogen) atoms. The number of hydrogen-bond donors (Lipinski definition) is 1. The Morgan fingerprint density at radius 1 is 1.23 bits per heavy atom.